The van der Waals surface area contributed by atoms with Gasteiger partial charge >= 0.3 is 0 Å². The Bertz CT molecular complexity index is 875. The van der Waals surface area contributed by atoms with Crippen molar-refractivity contribution < 1.29 is 0 Å². The molecule has 112 valence electrons. The van der Waals surface area contributed by atoms with Gasteiger partial charge in [0, 0.05) is 30.9 Å². The lowest BCUT2D eigenvalue weighted by Crippen LogP contribution is -2.27. The van der Waals surface area contributed by atoms with E-state index in [1.54, 1.807) is 17.1 Å². The van der Waals surface area contributed by atoms with Crippen LogP contribution < -0.4 is 5.56 Å². The van der Waals surface area contributed by atoms with E-state index in [-0.39, 0.29) is 11.0 Å². The lowest BCUT2D eigenvalue weighted by atomic mass is 10.1. The molecule has 0 unspecified atom stereocenters. The van der Waals surface area contributed by atoms with Gasteiger partial charge in [-0.15, -0.1) is 0 Å². The summed E-state index contributed by atoms with van der Waals surface area (Å²) in [5.41, 5.74) is 2.06. The molecule has 0 saturated heterocycles. The minimum absolute atomic E-state index is 0.0560. The summed E-state index contributed by atoms with van der Waals surface area (Å²) in [6.07, 6.45) is 7.72. The van der Waals surface area contributed by atoms with Crippen molar-refractivity contribution in [1.29, 1.82) is 0 Å². The first-order valence-corrected chi connectivity index (χ1v) is 7.59. The zero-order valence-electron chi connectivity index (χ0n) is 12.6. The van der Waals surface area contributed by atoms with E-state index in [1.165, 1.54) is 0 Å². The van der Waals surface area contributed by atoms with Crippen LogP contribution in [0.1, 0.15) is 18.4 Å². The summed E-state index contributed by atoms with van der Waals surface area (Å²) < 4.78 is 3.72. The molecule has 5 nitrogen and oxygen atoms in total. The van der Waals surface area contributed by atoms with Gasteiger partial charge in [0.15, 0.2) is 0 Å². The molecule has 0 N–H and O–H groups in total. The minimum Gasteiger partial charge on any atom is -0.298 e. The Labute approximate surface area is 128 Å². The van der Waals surface area contributed by atoms with E-state index in [0.29, 0.717) is 11.9 Å². The van der Waals surface area contributed by atoms with Crippen LogP contribution in [0.4, 0.5) is 0 Å². The smallest absolute Gasteiger partial charge is 0.261 e. The second-order valence-electron chi connectivity index (χ2n) is 6.40. The van der Waals surface area contributed by atoms with Gasteiger partial charge < -0.3 is 0 Å². The van der Waals surface area contributed by atoms with Gasteiger partial charge in [-0.05, 0) is 38.0 Å². The number of fused-ring (bicyclic) bond motifs is 1. The monoisotopic (exact) mass is 294 g/mol. The molecule has 1 aliphatic rings. The Morgan fingerprint density at radius 1 is 1.27 bits per heavy atom. The van der Waals surface area contributed by atoms with Gasteiger partial charge in [0.05, 0.1) is 17.2 Å². The zero-order chi connectivity index (χ0) is 15.2. The quantitative estimate of drug-likeness (QED) is 0.742. The third kappa shape index (κ3) is 2.32. The topological polar surface area (TPSA) is 52.7 Å². The number of hydrogen-bond donors (Lipinski definition) is 0. The number of rotatable bonds is 4. The van der Waals surface area contributed by atoms with Crippen LogP contribution in [0.15, 0.2) is 47.8 Å². The van der Waals surface area contributed by atoms with Gasteiger partial charge in [0.25, 0.3) is 5.56 Å². The Balaban J connectivity index is 1.67. The van der Waals surface area contributed by atoms with Crippen molar-refractivity contribution in [3.63, 3.8) is 0 Å². The van der Waals surface area contributed by atoms with Crippen molar-refractivity contribution in [2.75, 3.05) is 0 Å². The molecule has 22 heavy (non-hydrogen) atoms. The van der Waals surface area contributed by atoms with Crippen molar-refractivity contribution >= 4 is 10.9 Å². The van der Waals surface area contributed by atoms with Crippen LogP contribution in [0.25, 0.3) is 10.9 Å². The van der Waals surface area contributed by atoms with Crippen LogP contribution in [0.2, 0.25) is 0 Å². The number of nitrogens with zero attached hydrogens (tertiary/aromatic N) is 4. The molecule has 1 aliphatic carbocycles. The van der Waals surface area contributed by atoms with Crippen LogP contribution >= 0.6 is 0 Å². The van der Waals surface area contributed by atoms with E-state index >= 15 is 0 Å². The normalized spacial score (nSPS) is 16.0. The van der Waals surface area contributed by atoms with Crippen molar-refractivity contribution in [3.05, 3.63) is 58.9 Å². The van der Waals surface area contributed by atoms with Crippen LogP contribution in [0.5, 0.6) is 0 Å². The molecular formula is C17H18N4O. The van der Waals surface area contributed by atoms with Crippen LogP contribution in [-0.2, 0) is 13.1 Å². The fourth-order valence-corrected chi connectivity index (χ4v) is 3.03. The molecule has 3 aromatic rings. The maximum absolute atomic E-state index is 12.7. The summed E-state index contributed by atoms with van der Waals surface area (Å²) >= 11 is 0. The summed E-state index contributed by atoms with van der Waals surface area (Å²) in [4.78, 5) is 17.1. The third-order valence-electron chi connectivity index (χ3n) is 4.50. The number of aryl methyl sites for hydroxylation is 1. The van der Waals surface area contributed by atoms with Gasteiger partial charge in [-0.25, -0.2) is 4.98 Å². The largest absolute Gasteiger partial charge is 0.298 e. The molecule has 5 heteroatoms. The fraction of sp³-hybridized carbons (Fsp3) is 0.353. The first kappa shape index (κ1) is 13.2. The predicted octanol–water partition coefficient (Wildman–Crippen LogP) is 2.38. The molecular weight excluding hydrogens is 276 g/mol. The Hall–Kier alpha value is -2.43. The highest BCUT2D eigenvalue weighted by molar-refractivity contribution is 5.77. The highest BCUT2D eigenvalue weighted by atomic mass is 16.1. The number of benzene rings is 1. The summed E-state index contributed by atoms with van der Waals surface area (Å²) in [7, 11) is 0. The minimum atomic E-state index is 0.0560. The lowest BCUT2D eigenvalue weighted by molar-refractivity contribution is 0.339. The van der Waals surface area contributed by atoms with E-state index in [4.69, 9.17) is 0 Å². The van der Waals surface area contributed by atoms with E-state index in [2.05, 4.69) is 10.1 Å². The van der Waals surface area contributed by atoms with Crippen molar-refractivity contribution in [1.82, 2.24) is 19.3 Å². The first-order chi connectivity index (χ1) is 10.7. The lowest BCUT2D eigenvalue weighted by Gasteiger charge is -2.17. The van der Waals surface area contributed by atoms with Gasteiger partial charge in [0.1, 0.15) is 0 Å². The predicted molar refractivity (Wildman–Crippen MR) is 84.6 cm³/mol. The van der Waals surface area contributed by atoms with E-state index in [1.807, 2.05) is 42.1 Å². The third-order valence-corrected chi connectivity index (χ3v) is 4.50. The molecule has 0 amide bonds. The highest BCUT2D eigenvalue weighted by Crippen LogP contribution is 2.48. The summed E-state index contributed by atoms with van der Waals surface area (Å²) in [5, 5.41) is 4.99. The molecule has 1 aromatic carbocycles. The van der Waals surface area contributed by atoms with Crippen LogP contribution in [0.3, 0.4) is 0 Å². The van der Waals surface area contributed by atoms with E-state index < -0.39 is 0 Å². The van der Waals surface area contributed by atoms with Gasteiger partial charge in [-0.2, -0.15) is 5.10 Å². The van der Waals surface area contributed by atoms with E-state index in [0.717, 1.165) is 30.5 Å². The SMILES string of the molecule is Cc1ccc2ncn(CC3(Cn4cccn4)CC3)c(=O)c2c1. The molecule has 0 atom stereocenters. The van der Waals surface area contributed by atoms with Crippen LogP contribution in [-0.4, -0.2) is 19.3 Å². The fourth-order valence-electron chi connectivity index (χ4n) is 3.03. The summed E-state index contributed by atoms with van der Waals surface area (Å²) in [6, 6.07) is 7.75. The molecule has 4 rings (SSSR count). The standard InChI is InChI=1S/C17H18N4O/c1-13-3-4-15-14(9-13)16(22)20(12-18-15)10-17(5-6-17)11-21-8-2-7-19-21/h2-4,7-9,12H,5-6,10-11H2,1H3. The summed E-state index contributed by atoms with van der Waals surface area (Å²) in [6.45, 7) is 3.57. The molecule has 2 heterocycles. The van der Waals surface area contributed by atoms with E-state index in [9.17, 15) is 4.79 Å². The second kappa shape index (κ2) is 4.80. The maximum Gasteiger partial charge on any atom is 0.261 e. The number of hydrogen-bond acceptors (Lipinski definition) is 3. The maximum atomic E-state index is 12.7. The van der Waals surface area contributed by atoms with Gasteiger partial charge in [-0.3, -0.25) is 14.0 Å². The highest BCUT2D eigenvalue weighted by Gasteiger charge is 2.43. The van der Waals surface area contributed by atoms with Gasteiger partial charge in [-0.1, -0.05) is 11.6 Å². The Kier molecular flexibility index (Phi) is 2.89. The Morgan fingerprint density at radius 3 is 2.86 bits per heavy atom. The molecule has 1 saturated carbocycles. The average molecular weight is 294 g/mol. The van der Waals surface area contributed by atoms with Crippen molar-refractivity contribution in [2.45, 2.75) is 32.9 Å². The van der Waals surface area contributed by atoms with Gasteiger partial charge in [0.2, 0.25) is 0 Å². The molecule has 0 spiro atoms. The Morgan fingerprint density at radius 2 is 2.14 bits per heavy atom. The summed E-state index contributed by atoms with van der Waals surface area (Å²) in [5.74, 6) is 0. The van der Waals surface area contributed by atoms with Crippen molar-refractivity contribution in [2.24, 2.45) is 5.41 Å². The molecule has 2 aromatic heterocycles. The van der Waals surface area contributed by atoms with Crippen molar-refractivity contribution in [3.8, 4) is 0 Å². The van der Waals surface area contributed by atoms with Crippen LogP contribution in [0, 0.1) is 12.3 Å². The number of aromatic nitrogens is 4. The zero-order valence-corrected chi connectivity index (χ0v) is 12.6. The second-order valence-corrected chi connectivity index (χ2v) is 6.40. The molecule has 1 fully saturated rings. The molecule has 0 bridgehead atoms. The average Bonchev–Trinajstić information content (AvgIpc) is 3.05. The molecule has 0 aliphatic heterocycles. The molecule has 0 radical (unpaired) electrons. The first-order valence-electron chi connectivity index (χ1n) is 7.59.